The van der Waals surface area contributed by atoms with Crippen LogP contribution in [0, 0.1) is 0 Å². The third kappa shape index (κ3) is 3.36. The molecule has 0 radical (unpaired) electrons. The van der Waals surface area contributed by atoms with Gasteiger partial charge >= 0.3 is 0 Å². The van der Waals surface area contributed by atoms with Crippen molar-refractivity contribution in [2.45, 2.75) is 19.1 Å². The summed E-state index contributed by atoms with van der Waals surface area (Å²) in [5, 5.41) is 0. The highest BCUT2D eigenvalue weighted by atomic mass is 79.9. The Balaban J connectivity index is 1.65. The Hall–Kier alpha value is -1.72. The second-order valence-electron chi connectivity index (χ2n) is 5.48. The number of pyridine rings is 1. The lowest BCUT2D eigenvalue weighted by Gasteiger charge is -2.29. The highest BCUT2D eigenvalue weighted by Gasteiger charge is 2.22. The number of hydrogen-bond donors (Lipinski definition) is 0. The molecule has 1 aromatic carbocycles. The van der Waals surface area contributed by atoms with E-state index in [1.807, 2.05) is 12.1 Å². The molecule has 1 unspecified atom stereocenters. The standard InChI is InChI=1S/C17H17BrN2O2/c1-20(17(21)14-6-15(18)9-19-8-14)10-16-7-12-4-2-3-5-13(12)11-22-16/h2-6,8-9,16H,7,10-11H2,1H3. The Labute approximate surface area is 138 Å². The zero-order valence-electron chi connectivity index (χ0n) is 12.3. The van der Waals surface area contributed by atoms with Crippen LogP contribution in [0.3, 0.4) is 0 Å². The first-order valence-electron chi connectivity index (χ1n) is 7.18. The summed E-state index contributed by atoms with van der Waals surface area (Å²) in [7, 11) is 1.80. The van der Waals surface area contributed by atoms with Gasteiger partial charge in [-0.05, 0) is 33.1 Å². The first-order valence-corrected chi connectivity index (χ1v) is 7.97. The second-order valence-corrected chi connectivity index (χ2v) is 6.40. The summed E-state index contributed by atoms with van der Waals surface area (Å²) >= 11 is 3.34. The van der Waals surface area contributed by atoms with Crippen molar-refractivity contribution in [2.24, 2.45) is 0 Å². The van der Waals surface area contributed by atoms with E-state index in [1.54, 1.807) is 30.4 Å². The number of rotatable bonds is 3. The fraction of sp³-hybridized carbons (Fsp3) is 0.294. The van der Waals surface area contributed by atoms with Crippen LogP contribution in [0.25, 0.3) is 0 Å². The van der Waals surface area contributed by atoms with Crippen LogP contribution in [0.1, 0.15) is 21.5 Å². The number of likely N-dealkylation sites (N-methyl/N-ethyl adjacent to an activating group) is 1. The van der Waals surface area contributed by atoms with Gasteiger partial charge in [0.2, 0.25) is 0 Å². The van der Waals surface area contributed by atoms with E-state index in [1.165, 1.54) is 11.1 Å². The van der Waals surface area contributed by atoms with Crippen LogP contribution in [-0.2, 0) is 17.8 Å². The van der Waals surface area contributed by atoms with Crippen molar-refractivity contribution in [2.75, 3.05) is 13.6 Å². The number of aromatic nitrogens is 1. The van der Waals surface area contributed by atoms with Crippen LogP contribution in [0.2, 0.25) is 0 Å². The quantitative estimate of drug-likeness (QED) is 0.844. The zero-order chi connectivity index (χ0) is 15.5. The van der Waals surface area contributed by atoms with Gasteiger partial charge < -0.3 is 9.64 Å². The zero-order valence-corrected chi connectivity index (χ0v) is 13.9. The molecule has 1 aromatic heterocycles. The summed E-state index contributed by atoms with van der Waals surface area (Å²) in [5.41, 5.74) is 3.13. The van der Waals surface area contributed by atoms with E-state index in [2.05, 4.69) is 33.0 Å². The monoisotopic (exact) mass is 360 g/mol. The smallest absolute Gasteiger partial charge is 0.255 e. The molecule has 1 aliphatic heterocycles. The van der Waals surface area contributed by atoms with Gasteiger partial charge in [-0.3, -0.25) is 9.78 Å². The SMILES string of the molecule is CN(CC1Cc2ccccc2CO1)C(=O)c1cncc(Br)c1. The number of amides is 1. The van der Waals surface area contributed by atoms with Crippen LogP contribution < -0.4 is 0 Å². The average Bonchev–Trinajstić information content (AvgIpc) is 2.54. The molecule has 2 heterocycles. The van der Waals surface area contributed by atoms with Crippen molar-refractivity contribution in [1.82, 2.24) is 9.88 Å². The molecule has 0 fully saturated rings. The number of hydrogen-bond acceptors (Lipinski definition) is 3. The van der Waals surface area contributed by atoms with Crippen LogP contribution in [-0.4, -0.2) is 35.5 Å². The summed E-state index contributed by atoms with van der Waals surface area (Å²) in [6.45, 7) is 1.18. The Bertz CT molecular complexity index is 690. The van der Waals surface area contributed by atoms with Gasteiger partial charge in [0.25, 0.3) is 5.91 Å². The fourth-order valence-corrected chi connectivity index (χ4v) is 3.03. The van der Waals surface area contributed by atoms with Crippen LogP contribution in [0.5, 0.6) is 0 Å². The molecule has 3 rings (SSSR count). The number of benzene rings is 1. The second kappa shape index (κ2) is 6.58. The lowest BCUT2D eigenvalue weighted by Crippen LogP contribution is -2.38. The largest absolute Gasteiger partial charge is 0.371 e. The lowest BCUT2D eigenvalue weighted by atomic mass is 9.99. The summed E-state index contributed by atoms with van der Waals surface area (Å²) in [6, 6.07) is 10.1. The maximum absolute atomic E-state index is 12.4. The van der Waals surface area contributed by atoms with E-state index in [0.29, 0.717) is 18.7 Å². The molecule has 0 saturated heterocycles. The normalized spacial score (nSPS) is 16.9. The molecule has 5 heteroatoms. The molecule has 0 aliphatic carbocycles. The molecule has 2 aromatic rings. The van der Waals surface area contributed by atoms with Crippen molar-refractivity contribution in [1.29, 1.82) is 0 Å². The molecule has 1 amide bonds. The molecule has 22 heavy (non-hydrogen) atoms. The van der Waals surface area contributed by atoms with Gasteiger partial charge in [0.05, 0.1) is 18.3 Å². The topological polar surface area (TPSA) is 42.4 Å². The average molecular weight is 361 g/mol. The number of halogens is 1. The molecule has 0 spiro atoms. The van der Waals surface area contributed by atoms with E-state index in [0.717, 1.165) is 10.9 Å². The van der Waals surface area contributed by atoms with E-state index >= 15 is 0 Å². The maximum atomic E-state index is 12.4. The maximum Gasteiger partial charge on any atom is 0.255 e. The minimum Gasteiger partial charge on any atom is -0.371 e. The first-order chi connectivity index (χ1) is 10.6. The predicted octanol–water partition coefficient (Wildman–Crippen LogP) is 3.06. The molecular formula is C17H17BrN2O2. The van der Waals surface area contributed by atoms with Crippen molar-refractivity contribution in [3.05, 3.63) is 63.9 Å². The molecule has 0 saturated carbocycles. The van der Waals surface area contributed by atoms with E-state index < -0.39 is 0 Å². The minimum absolute atomic E-state index is 0.0314. The lowest BCUT2D eigenvalue weighted by molar-refractivity contribution is 0.00984. The van der Waals surface area contributed by atoms with Crippen molar-refractivity contribution in [3.8, 4) is 0 Å². The summed E-state index contributed by atoms with van der Waals surface area (Å²) in [4.78, 5) is 18.2. The van der Waals surface area contributed by atoms with Crippen molar-refractivity contribution in [3.63, 3.8) is 0 Å². The molecule has 1 aliphatic rings. The van der Waals surface area contributed by atoms with Crippen LogP contribution in [0.4, 0.5) is 0 Å². The molecule has 1 atom stereocenters. The molecular weight excluding hydrogens is 344 g/mol. The third-order valence-electron chi connectivity index (χ3n) is 3.82. The van der Waals surface area contributed by atoms with Gasteiger partial charge in [-0.25, -0.2) is 0 Å². The molecule has 0 N–H and O–H groups in total. The first kappa shape index (κ1) is 15.2. The van der Waals surface area contributed by atoms with Crippen LogP contribution in [0.15, 0.2) is 47.2 Å². The number of nitrogens with zero attached hydrogens (tertiary/aromatic N) is 2. The summed E-state index contributed by atoms with van der Waals surface area (Å²) in [5.74, 6) is -0.0451. The van der Waals surface area contributed by atoms with Crippen LogP contribution >= 0.6 is 15.9 Å². The molecule has 114 valence electrons. The number of carbonyl (C=O) groups excluding carboxylic acids is 1. The predicted molar refractivity (Wildman–Crippen MR) is 87.6 cm³/mol. The summed E-state index contributed by atoms with van der Waals surface area (Å²) in [6.07, 6.45) is 4.12. The van der Waals surface area contributed by atoms with E-state index in [-0.39, 0.29) is 12.0 Å². The van der Waals surface area contributed by atoms with E-state index in [9.17, 15) is 4.79 Å². The number of carbonyl (C=O) groups is 1. The highest BCUT2D eigenvalue weighted by molar-refractivity contribution is 9.10. The Morgan fingerprint density at radius 2 is 2.14 bits per heavy atom. The fourth-order valence-electron chi connectivity index (χ4n) is 2.66. The van der Waals surface area contributed by atoms with E-state index in [4.69, 9.17) is 4.74 Å². The number of ether oxygens (including phenoxy) is 1. The molecule has 0 bridgehead atoms. The van der Waals surface area contributed by atoms with Crippen molar-refractivity contribution < 1.29 is 9.53 Å². The van der Waals surface area contributed by atoms with Gasteiger partial charge in [0.1, 0.15) is 0 Å². The Morgan fingerprint density at radius 3 is 2.91 bits per heavy atom. The highest BCUT2D eigenvalue weighted by Crippen LogP contribution is 2.21. The van der Waals surface area contributed by atoms with Gasteiger partial charge in [-0.15, -0.1) is 0 Å². The molecule has 4 nitrogen and oxygen atoms in total. The van der Waals surface area contributed by atoms with Gasteiger partial charge in [-0.1, -0.05) is 24.3 Å². The Kier molecular flexibility index (Phi) is 4.55. The third-order valence-corrected chi connectivity index (χ3v) is 4.25. The minimum atomic E-state index is -0.0451. The van der Waals surface area contributed by atoms with Gasteiger partial charge in [0, 0.05) is 36.9 Å². The summed E-state index contributed by atoms with van der Waals surface area (Å²) < 4.78 is 6.67. The number of fused-ring (bicyclic) bond motifs is 1. The Morgan fingerprint density at radius 1 is 1.36 bits per heavy atom. The van der Waals surface area contributed by atoms with Gasteiger partial charge in [0.15, 0.2) is 0 Å². The van der Waals surface area contributed by atoms with Gasteiger partial charge in [-0.2, -0.15) is 0 Å². The van der Waals surface area contributed by atoms with Crippen molar-refractivity contribution >= 4 is 21.8 Å².